The molecule has 0 amide bonds. The summed E-state index contributed by atoms with van der Waals surface area (Å²) in [6.07, 6.45) is 7.89. The summed E-state index contributed by atoms with van der Waals surface area (Å²) in [7, 11) is 0. The number of benzene rings is 3. The average Bonchev–Trinajstić information content (AvgIpc) is 3.12. The van der Waals surface area contributed by atoms with Gasteiger partial charge in [-0.2, -0.15) is 0 Å². The maximum atomic E-state index is 2.36. The summed E-state index contributed by atoms with van der Waals surface area (Å²) in [5.41, 5.74) is 5.41. The molecule has 0 heteroatoms. The second-order valence-corrected chi connectivity index (χ2v) is 6.47. The van der Waals surface area contributed by atoms with E-state index in [1.807, 2.05) is 0 Å². The van der Waals surface area contributed by atoms with E-state index < -0.39 is 0 Å². The van der Waals surface area contributed by atoms with Crippen molar-refractivity contribution in [2.24, 2.45) is 0 Å². The first-order chi connectivity index (χ1) is 12.4. The van der Waals surface area contributed by atoms with Crippen molar-refractivity contribution in [2.45, 2.75) is 12.3 Å². The first-order valence-corrected chi connectivity index (χ1v) is 8.79. The first-order valence-electron chi connectivity index (χ1n) is 8.79. The number of hydrogen-bond donors (Lipinski definition) is 0. The van der Waals surface area contributed by atoms with Gasteiger partial charge in [0.1, 0.15) is 0 Å². The van der Waals surface area contributed by atoms with E-state index >= 15 is 0 Å². The van der Waals surface area contributed by atoms with Gasteiger partial charge in [-0.3, -0.25) is 0 Å². The van der Waals surface area contributed by atoms with Crippen LogP contribution in [0, 0.1) is 5.92 Å². The van der Waals surface area contributed by atoms with Crippen LogP contribution in [-0.2, 0) is 6.42 Å². The zero-order valence-corrected chi connectivity index (χ0v) is 14.2. The van der Waals surface area contributed by atoms with Crippen LogP contribution in [0.25, 0.3) is 0 Å². The lowest BCUT2D eigenvalue weighted by atomic mass is 9.81. The summed E-state index contributed by atoms with van der Waals surface area (Å²) in [6, 6.07) is 32.2. The van der Waals surface area contributed by atoms with Crippen LogP contribution in [0.3, 0.4) is 0 Å². The Morgan fingerprint density at radius 1 is 0.560 bits per heavy atom. The van der Waals surface area contributed by atoms with Crippen LogP contribution in [0.5, 0.6) is 0 Å². The summed E-state index contributed by atoms with van der Waals surface area (Å²) in [5, 5.41) is 0. The monoisotopic (exact) mass is 321 g/mol. The summed E-state index contributed by atoms with van der Waals surface area (Å²) in [5.74, 6) is 1.65. The Hall–Kier alpha value is -2.86. The summed E-state index contributed by atoms with van der Waals surface area (Å²) in [4.78, 5) is 0. The van der Waals surface area contributed by atoms with E-state index in [-0.39, 0.29) is 5.92 Å². The lowest BCUT2D eigenvalue weighted by Crippen LogP contribution is -2.08. The van der Waals surface area contributed by atoms with Crippen LogP contribution in [0.1, 0.15) is 22.6 Å². The molecular formula is C25H21. The van der Waals surface area contributed by atoms with Crippen LogP contribution in [-0.4, -0.2) is 0 Å². The van der Waals surface area contributed by atoms with Crippen LogP contribution in [0.2, 0.25) is 0 Å². The molecule has 1 aliphatic rings. The molecule has 0 heterocycles. The predicted molar refractivity (Wildman–Crippen MR) is 105 cm³/mol. The topological polar surface area (TPSA) is 0 Å². The van der Waals surface area contributed by atoms with E-state index in [9.17, 15) is 0 Å². The normalized spacial score (nSPS) is 14.0. The Bertz CT molecular complexity index is 818. The molecule has 0 bridgehead atoms. The van der Waals surface area contributed by atoms with Gasteiger partial charge in [-0.15, -0.1) is 0 Å². The minimum Gasteiger partial charge on any atom is -0.0721 e. The lowest BCUT2D eigenvalue weighted by Gasteiger charge is -2.22. The highest BCUT2D eigenvalue weighted by Gasteiger charge is 2.24. The van der Waals surface area contributed by atoms with Crippen molar-refractivity contribution in [2.75, 3.05) is 0 Å². The van der Waals surface area contributed by atoms with E-state index in [2.05, 4.69) is 109 Å². The molecule has 0 aromatic heterocycles. The Morgan fingerprint density at radius 3 is 1.64 bits per heavy atom. The highest BCUT2D eigenvalue weighted by molar-refractivity contribution is 5.52. The lowest BCUT2D eigenvalue weighted by molar-refractivity contribution is 0.907. The third-order valence-corrected chi connectivity index (χ3v) is 4.69. The van der Waals surface area contributed by atoms with Crippen molar-refractivity contribution in [3.8, 4) is 0 Å². The van der Waals surface area contributed by atoms with Crippen molar-refractivity contribution < 1.29 is 0 Å². The molecule has 0 atom stereocenters. The highest BCUT2D eigenvalue weighted by Crippen LogP contribution is 2.38. The minimum atomic E-state index is 0.284. The van der Waals surface area contributed by atoms with Crippen molar-refractivity contribution in [1.29, 1.82) is 0 Å². The molecular weight excluding hydrogens is 300 g/mol. The summed E-state index contributed by atoms with van der Waals surface area (Å²) < 4.78 is 0. The maximum Gasteiger partial charge on any atom is 0.0315 e. The predicted octanol–water partition coefficient (Wildman–Crippen LogP) is 6.13. The van der Waals surface area contributed by atoms with E-state index in [4.69, 9.17) is 0 Å². The number of rotatable bonds is 5. The van der Waals surface area contributed by atoms with Gasteiger partial charge in [-0.25, -0.2) is 0 Å². The fourth-order valence-corrected chi connectivity index (χ4v) is 3.50. The molecule has 1 radical (unpaired) electrons. The van der Waals surface area contributed by atoms with Gasteiger partial charge in [0.25, 0.3) is 0 Å². The van der Waals surface area contributed by atoms with Gasteiger partial charge in [-0.1, -0.05) is 109 Å². The van der Waals surface area contributed by atoms with Crippen LogP contribution < -0.4 is 0 Å². The first kappa shape index (κ1) is 15.7. The number of hydrogen-bond acceptors (Lipinski definition) is 0. The van der Waals surface area contributed by atoms with Crippen molar-refractivity contribution >= 4 is 0 Å². The van der Waals surface area contributed by atoms with Gasteiger partial charge in [0.05, 0.1) is 0 Å². The molecule has 121 valence electrons. The van der Waals surface area contributed by atoms with Crippen molar-refractivity contribution in [3.05, 3.63) is 137 Å². The quantitative estimate of drug-likeness (QED) is 0.530. The molecule has 0 unspecified atom stereocenters. The number of allylic oxidation sites excluding steroid dienone is 4. The summed E-state index contributed by atoms with van der Waals surface area (Å²) in [6.45, 7) is 0. The van der Waals surface area contributed by atoms with Gasteiger partial charge in [0.15, 0.2) is 0 Å². The molecule has 0 spiro atoms. The molecule has 0 saturated heterocycles. The molecule has 1 aliphatic carbocycles. The Morgan fingerprint density at radius 2 is 1.08 bits per heavy atom. The van der Waals surface area contributed by atoms with Gasteiger partial charge in [-0.05, 0) is 28.7 Å². The fourth-order valence-electron chi connectivity index (χ4n) is 3.50. The average molecular weight is 321 g/mol. The third kappa shape index (κ3) is 3.64. The van der Waals surface area contributed by atoms with Gasteiger partial charge < -0.3 is 0 Å². The van der Waals surface area contributed by atoms with E-state index in [0.717, 1.165) is 6.42 Å². The Labute approximate surface area is 150 Å². The smallest absolute Gasteiger partial charge is 0.0315 e. The second-order valence-electron chi connectivity index (χ2n) is 6.47. The molecule has 0 nitrogen and oxygen atoms in total. The molecule has 0 aliphatic heterocycles. The zero-order chi connectivity index (χ0) is 16.9. The third-order valence-electron chi connectivity index (χ3n) is 4.69. The van der Waals surface area contributed by atoms with Crippen molar-refractivity contribution in [3.63, 3.8) is 0 Å². The second kappa shape index (κ2) is 7.36. The highest BCUT2D eigenvalue weighted by atomic mass is 14.3. The van der Waals surface area contributed by atoms with Gasteiger partial charge in [0, 0.05) is 11.8 Å². The van der Waals surface area contributed by atoms with Crippen LogP contribution in [0.15, 0.2) is 115 Å². The fraction of sp³-hybridized carbons (Fsp3) is 0.0800. The molecule has 0 N–H and O–H groups in total. The molecule has 3 aromatic carbocycles. The Balaban J connectivity index is 1.64. The Kier molecular flexibility index (Phi) is 4.61. The molecule has 0 saturated carbocycles. The van der Waals surface area contributed by atoms with E-state index in [1.54, 1.807) is 0 Å². The standard InChI is InChI=1S/C25H21/c1-4-10-20(11-5-1)18-21-16-17-24(19-21)25(22-12-6-2-7-13-22)23-14-8-3-9-15-23/h1-17,19,25H,18H2. The zero-order valence-electron chi connectivity index (χ0n) is 14.2. The van der Waals surface area contributed by atoms with E-state index in [1.165, 1.54) is 28.2 Å². The maximum absolute atomic E-state index is 2.36. The van der Waals surface area contributed by atoms with E-state index in [0.29, 0.717) is 0 Å². The SMILES string of the molecule is C1=CC(Cc2ccccc2)=C[C]1C(c1ccccc1)c1ccccc1. The van der Waals surface area contributed by atoms with Crippen molar-refractivity contribution in [1.82, 2.24) is 0 Å². The van der Waals surface area contributed by atoms with Crippen LogP contribution >= 0.6 is 0 Å². The summed E-state index contributed by atoms with van der Waals surface area (Å²) >= 11 is 0. The molecule has 25 heavy (non-hydrogen) atoms. The minimum absolute atomic E-state index is 0.284. The van der Waals surface area contributed by atoms with Crippen LogP contribution in [0.4, 0.5) is 0 Å². The molecule has 0 fully saturated rings. The largest absolute Gasteiger partial charge is 0.0721 e. The van der Waals surface area contributed by atoms with Gasteiger partial charge >= 0.3 is 0 Å². The van der Waals surface area contributed by atoms with Gasteiger partial charge in [0.2, 0.25) is 0 Å². The molecule has 3 aromatic rings. The molecule has 4 rings (SSSR count).